The lowest BCUT2D eigenvalue weighted by molar-refractivity contribution is 0.785. The predicted molar refractivity (Wildman–Crippen MR) is 53.7 cm³/mol. The first kappa shape index (κ1) is 9.92. The van der Waals surface area contributed by atoms with E-state index in [2.05, 4.69) is 9.97 Å². The van der Waals surface area contributed by atoms with Crippen LogP contribution in [-0.4, -0.2) is 24.1 Å². The van der Waals surface area contributed by atoms with E-state index < -0.39 is 0 Å². The van der Waals surface area contributed by atoms with Crippen molar-refractivity contribution in [3.05, 3.63) is 17.5 Å². The molecule has 4 nitrogen and oxygen atoms in total. The van der Waals surface area contributed by atoms with E-state index in [0.29, 0.717) is 0 Å². The van der Waals surface area contributed by atoms with Gasteiger partial charge in [-0.2, -0.15) is 0 Å². The lowest BCUT2D eigenvalue weighted by Gasteiger charge is -2.13. The van der Waals surface area contributed by atoms with E-state index in [1.54, 1.807) is 6.20 Å². The van der Waals surface area contributed by atoms with Gasteiger partial charge in [0.1, 0.15) is 0 Å². The molecule has 1 heterocycles. The van der Waals surface area contributed by atoms with Crippen LogP contribution in [0.4, 0.5) is 5.95 Å². The number of nitrogens with two attached hydrogens (primary N) is 1. The van der Waals surface area contributed by atoms with Crippen LogP contribution in [0.2, 0.25) is 0 Å². The Balaban J connectivity index is 3.06. The van der Waals surface area contributed by atoms with Crippen molar-refractivity contribution < 1.29 is 0 Å². The minimum Gasteiger partial charge on any atom is -0.347 e. The molecule has 1 atom stereocenters. The lowest BCUT2D eigenvalue weighted by Crippen LogP contribution is -2.15. The van der Waals surface area contributed by atoms with Crippen LogP contribution in [-0.2, 0) is 0 Å². The van der Waals surface area contributed by atoms with Gasteiger partial charge in [0.2, 0.25) is 5.95 Å². The lowest BCUT2D eigenvalue weighted by atomic mass is 10.1. The van der Waals surface area contributed by atoms with E-state index in [-0.39, 0.29) is 6.04 Å². The van der Waals surface area contributed by atoms with Gasteiger partial charge in [-0.1, -0.05) is 0 Å². The molecule has 0 amide bonds. The molecule has 0 saturated carbocycles. The summed E-state index contributed by atoms with van der Waals surface area (Å²) in [5.74, 6) is 0.724. The van der Waals surface area contributed by atoms with Crippen molar-refractivity contribution in [1.29, 1.82) is 0 Å². The summed E-state index contributed by atoms with van der Waals surface area (Å²) in [6.07, 6.45) is 1.79. The molecule has 72 valence electrons. The Morgan fingerprint density at radius 2 is 2.08 bits per heavy atom. The average Bonchev–Trinajstić information content (AvgIpc) is 2.03. The molecule has 0 bridgehead atoms. The molecule has 0 unspecified atom stereocenters. The average molecular weight is 180 g/mol. The van der Waals surface area contributed by atoms with Crippen molar-refractivity contribution in [3.63, 3.8) is 0 Å². The summed E-state index contributed by atoms with van der Waals surface area (Å²) in [6, 6.07) is -0.00351. The molecule has 0 aliphatic carbocycles. The number of hydrogen-bond donors (Lipinski definition) is 1. The van der Waals surface area contributed by atoms with Crippen molar-refractivity contribution in [2.75, 3.05) is 19.0 Å². The molecule has 1 aromatic rings. The molecule has 0 spiro atoms. The first-order chi connectivity index (χ1) is 6.02. The van der Waals surface area contributed by atoms with Crippen molar-refractivity contribution in [2.24, 2.45) is 5.73 Å². The number of aromatic nitrogens is 2. The fourth-order valence-corrected chi connectivity index (χ4v) is 1.13. The summed E-state index contributed by atoms with van der Waals surface area (Å²) < 4.78 is 0. The second-order valence-corrected chi connectivity index (χ2v) is 3.39. The zero-order valence-electron chi connectivity index (χ0n) is 8.57. The largest absolute Gasteiger partial charge is 0.347 e. The van der Waals surface area contributed by atoms with Crippen LogP contribution in [0.1, 0.15) is 24.2 Å². The zero-order chi connectivity index (χ0) is 10.0. The smallest absolute Gasteiger partial charge is 0.224 e. The predicted octanol–water partition coefficient (Wildman–Crippen LogP) is 0.871. The van der Waals surface area contributed by atoms with E-state index >= 15 is 0 Å². The minimum atomic E-state index is -0.00351. The third-order valence-corrected chi connectivity index (χ3v) is 1.90. The Bertz CT molecular complexity index is 294. The van der Waals surface area contributed by atoms with Crippen LogP contribution in [0.25, 0.3) is 0 Å². The maximum absolute atomic E-state index is 5.75. The topological polar surface area (TPSA) is 55.0 Å². The highest BCUT2D eigenvalue weighted by molar-refractivity contribution is 5.31. The second kappa shape index (κ2) is 3.70. The molecule has 0 saturated heterocycles. The van der Waals surface area contributed by atoms with Gasteiger partial charge in [-0.3, -0.25) is 0 Å². The fourth-order valence-electron chi connectivity index (χ4n) is 1.13. The first-order valence-electron chi connectivity index (χ1n) is 4.29. The summed E-state index contributed by atoms with van der Waals surface area (Å²) in [5, 5.41) is 0. The molecular weight excluding hydrogens is 164 g/mol. The van der Waals surface area contributed by atoms with Crippen molar-refractivity contribution in [1.82, 2.24) is 9.97 Å². The first-order valence-corrected chi connectivity index (χ1v) is 4.29. The van der Waals surface area contributed by atoms with E-state index in [0.717, 1.165) is 17.2 Å². The number of hydrogen-bond acceptors (Lipinski definition) is 4. The van der Waals surface area contributed by atoms with Gasteiger partial charge in [0.15, 0.2) is 0 Å². The van der Waals surface area contributed by atoms with Gasteiger partial charge < -0.3 is 10.6 Å². The maximum atomic E-state index is 5.75. The molecule has 0 fully saturated rings. The van der Waals surface area contributed by atoms with E-state index in [4.69, 9.17) is 5.73 Å². The van der Waals surface area contributed by atoms with Crippen LogP contribution in [0.15, 0.2) is 6.20 Å². The van der Waals surface area contributed by atoms with Gasteiger partial charge in [-0.05, 0) is 13.8 Å². The van der Waals surface area contributed by atoms with Crippen LogP contribution in [0.5, 0.6) is 0 Å². The Morgan fingerprint density at radius 1 is 1.46 bits per heavy atom. The zero-order valence-corrected chi connectivity index (χ0v) is 8.57. The standard InChI is InChI=1S/C9H16N4/c1-6(10)8-5-11-9(13(3)4)12-7(8)2/h5-6H,10H2,1-4H3/t6-/m0/s1. The second-order valence-electron chi connectivity index (χ2n) is 3.39. The number of aryl methyl sites for hydroxylation is 1. The molecule has 1 rings (SSSR count). The van der Waals surface area contributed by atoms with Crippen molar-refractivity contribution >= 4 is 5.95 Å². The Morgan fingerprint density at radius 3 is 2.46 bits per heavy atom. The third kappa shape index (κ3) is 2.15. The highest BCUT2D eigenvalue weighted by Gasteiger charge is 2.07. The number of rotatable bonds is 2. The molecule has 0 aliphatic heterocycles. The number of anilines is 1. The highest BCUT2D eigenvalue weighted by atomic mass is 15.2. The van der Waals surface area contributed by atoms with Crippen LogP contribution in [0.3, 0.4) is 0 Å². The van der Waals surface area contributed by atoms with Crippen LogP contribution >= 0.6 is 0 Å². The molecule has 2 N–H and O–H groups in total. The summed E-state index contributed by atoms with van der Waals surface area (Å²) in [5.41, 5.74) is 7.70. The normalized spacial score (nSPS) is 12.7. The summed E-state index contributed by atoms with van der Waals surface area (Å²) >= 11 is 0. The summed E-state index contributed by atoms with van der Waals surface area (Å²) in [6.45, 7) is 3.88. The Kier molecular flexibility index (Phi) is 2.83. The van der Waals surface area contributed by atoms with E-state index in [1.807, 2.05) is 32.8 Å². The quantitative estimate of drug-likeness (QED) is 0.733. The van der Waals surface area contributed by atoms with E-state index in [1.165, 1.54) is 0 Å². The third-order valence-electron chi connectivity index (χ3n) is 1.90. The highest BCUT2D eigenvalue weighted by Crippen LogP contribution is 2.14. The molecule has 0 radical (unpaired) electrons. The Hall–Kier alpha value is -1.16. The molecule has 0 aliphatic rings. The molecular formula is C9H16N4. The summed E-state index contributed by atoms with van der Waals surface area (Å²) in [7, 11) is 3.83. The number of nitrogens with zero attached hydrogens (tertiary/aromatic N) is 3. The van der Waals surface area contributed by atoms with Gasteiger partial charge >= 0.3 is 0 Å². The van der Waals surface area contributed by atoms with Crippen LogP contribution in [0, 0.1) is 6.92 Å². The molecule has 1 aromatic heterocycles. The fraction of sp³-hybridized carbons (Fsp3) is 0.556. The minimum absolute atomic E-state index is 0.00351. The molecule has 4 heteroatoms. The molecule has 0 aromatic carbocycles. The Labute approximate surface area is 78.8 Å². The van der Waals surface area contributed by atoms with Gasteiger partial charge in [0.25, 0.3) is 0 Å². The maximum Gasteiger partial charge on any atom is 0.224 e. The summed E-state index contributed by atoms with van der Waals surface area (Å²) in [4.78, 5) is 10.4. The van der Waals surface area contributed by atoms with Crippen molar-refractivity contribution in [2.45, 2.75) is 19.9 Å². The SMILES string of the molecule is Cc1nc(N(C)C)ncc1[C@H](C)N. The van der Waals surface area contributed by atoms with Gasteiger partial charge in [0, 0.05) is 37.6 Å². The van der Waals surface area contributed by atoms with Gasteiger partial charge in [-0.15, -0.1) is 0 Å². The molecule has 13 heavy (non-hydrogen) atoms. The van der Waals surface area contributed by atoms with E-state index in [9.17, 15) is 0 Å². The van der Waals surface area contributed by atoms with Crippen molar-refractivity contribution in [3.8, 4) is 0 Å². The monoisotopic (exact) mass is 180 g/mol. The van der Waals surface area contributed by atoms with Gasteiger partial charge in [0.05, 0.1) is 0 Å². The van der Waals surface area contributed by atoms with Gasteiger partial charge in [-0.25, -0.2) is 9.97 Å². The van der Waals surface area contributed by atoms with Crippen LogP contribution < -0.4 is 10.6 Å².